The maximum atomic E-state index is 5.30. The Kier molecular flexibility index (Phi) is 12.9. The van der Waals surface area contributed by atoms with E-state index >= 15 is 0 Å². The van der Waals surface area contributed by atoms with Crippen LogP contribution in [0.15, 0.2) is 18.7 Å². The van der Waals surface area contributed by atoms with Crippen LogP contribution in [0.1, 0.15) is 19.8 Å². The summed E-state index contributed by atoms with van der Waals surface area (Å²) in [6.45, 7) is 2.13. The Labute approximate surface area is 85.4 Å². The lowest BCUT2D eigenvalue weighted by molar-refractivity contribution is 0.892. The maximum absolute atomic E-state index is 5.30. The molecule has 2 nitrogen and oxygen atoms in total. The van der Waals surface area contributed by atoms with Gasteiger partial charge in [0.1, 0.15) is 0 Å². The summed E-state index contributed by atoms with van der Waals surface area (Å²) in [5.74, 6) is 0.816. The first-order chi connectivity index (χ1) is 5.31. The van der Waals surface area contributed by atoms with Crippen molar-refractivity contribution in [3.63, 3.8) is 0 Å². The monoisotopic (exact) mass is 210 g/mol. The summed E-state index contributed by atoms with van der Waals surface area (Å²) >= 11 is 5.30. The minimum atomic E-state index is 0. The van der Waals surface area contributed by atoms with E-state index in [0.717, 1.165) is 12.3 Å². The second kappa shape index (κ2) is 10.8. The first-order valence-electron chi connectivity index (χ1n) is 3.79. The van der Waals surface area contributed by atoms with Crippen LogP contribution in [0.25, 0.3) is 0 Å². The summed E-state index contributed by atoms with van der Waals surface area (Å²) in [4.78, 5) is 3.78. The number of nitrogens with zero attached hydrogens (tertiary/aromatic N) is 2. The molecule has 0 aliphatic heterocycles. The molecule has 0 fully saturated rings. The van der Waals surface area contributed by atoms with E-state index in [1.807, 2.05) is 17.8 Å². The van der Waals surface area contributed by atoms with Crippen molar-refractivity contribution in [1.82, 2.24) is 9.55 Å². The van der Waals surface area contributed by atoms with E-state index in [-0.39, 0.29) is 12.4 Å². The van der Waals surface area contributed by atoms with Gasteiger partial charge in [-0.1, -0.05) is 13.3 Å². The van der Waals surface area contributed by atoms with E-state index in [4.69, 9.17) is 11.6 Å². The number of alkyl halides is 1. The second-order valence-corrected chi connectivity index (χ2v) is 2.65. The number of unbranched alkanes of at least 4 members (excludes halogenated alkanes) is 1. The van der Waals surface area contributed by atoms with Gasteiger partial charge in [-0.15, -0.1) is 24.0 Å². The molecule has 4 heteroatoms. The lowest BCUT2D eigenvalue weighted by Crippen LogP contribution is -1.76. The van der Waals surface area contributed by atoms with Crippen molar-refractivity contribution >= 4 is 24.0 Å². The molecule has 12 heavy (non-hydrogen) atoms. The number of hydrogen-bond donors (Lipinski definition) is 0. The molecular formula is C8H16Cl2N2. The number of imidazole rings is 1. The van der Waals surface area contributed by atoms with E-state index in [1.165, 1.54) is 6.42 Å². The van der Waals surface area contributed by atoms with Crippen LogP contribution >= 0.6 is 24.0 Å². The number of rotatable bonds is 2. The summed E-state index contributed by atoms with van der Waals surface area (Å²) in [7, 11) is 1.94. The SMILES string of the molecule is CCCCCl.Cl.Cn1ccnc1. The Balaban J connectivity index is 0. The van der Waals surface area contributed by atoms with Crippen LogP contribution in [0.5, 0.6) is 0 Å². The fourth-order valence-corrected chi connectivity index (χ4v) is 0.727. The first kappa shape index (κ1) is 14.3. The molecule has 1 aromatic heterocycles. The van der Waals surface area contributed by atoms with Crippen LogP contribution in [0.3, 0.4) is 0 Å². The molecule has 0 aliphatic rings. The van der Waals surface area contributed by atoms with Crippen LogP contribution in [-0.2, 0) is 7.05 Å². The smallest absolute Gasteiger partial charge is 0.0943 e. The highest BCUT2D eigenvalue weighted by molar-refractivity contribution is 6.17. The van der Waals surface area contributed by atoms with Gasteiger partial charge >= 0.3 is 0 Å². The van der Waals surface area contributed by atoms with Crippen molar-refractivity contribution in [2.45, 2.75) is 19.8 Å². The van der Waals surface area contributed by atoms with Gasteiger partial charge in [0.2, 0.25) is 0 Å². The van der Waals surface area contributed by atoms with E-state index in [0.29, 0.717) is 0 Å². The van der Waals surface area contributed by atoms with Gasteiger partial charge in [0, 0.05) is 25.3 Å². The molecule has 0 saturated carbocycles. The fourth-order valence-electron chi connectivity index (χ4n) is 0.459. The minimum Gasteiger partial charge on any atom is -0.341 e. The molecule has 0 saturated heterocycles. The van der Waals surface area contributed by atoms with Gasteiger partial charge in [0.25, 0.3) is 0 Å². The van der Waals surface area contributed by atoms with Gasteiger partial charge in [-0.2, -0.15) is 0 Å². The Bertz CT molecular complexity index is 150. The summed E-state index contributed by atoms with van der Waals surface area (Å²) < 4.78 is 1.89. The molecule has 0 unspecified atom stereocenters. The van der Waals surface area contributed by atoms with Crippen LogP contribution < -0.4 is 0 Å². The molecule has 0 aliphatic carbocycles. The van der Waals surface area contributed by atoms with Gasteiger partial charge in [-0.25, -0.2) is 4.98 Å². The van der Waals surface area contributed by atoms with Crippen LogP contribution in [0, 0.1) is 0 Å². The van der Waals surface area contributed by atoms with Gasteiger partial charge in [0.05, 0.1) is 6.33 Å². The number of halogens is 2. The van der Waals surface area contributed by atoms with E-state index in [9.17, 15) is 0 Å². The average molecular weight is 211 g/mol. The van der Waals surface area contributed by atoms with Gasteiger partial charge in [-0.05, 0) is 6.42 Å². The van der Waals surface area contributed by atoms with E-state index < -0.39 is 0 Å². The molecule has 0 spiro atoms. The molecule has 0 bridgehead atoms. The number of aromatic nitrogens is 2. The highest BCUT2D eigenvalue weighted by Gasteiger charge is 1.70. The standard InChI is InChI=1S/C4H9Cl.C4H6N2.ClH/c1-2-3-4-5;1-6-3-2-5-4-6;/h2-4H2,1H3;2-4H,1H3;1H. The topological polar surface area (TPSA) is 17.8 Å². The number of hydrogen-bond acceptors (Lipinski definition) is 1. The maximum Gasteiger partial charge on any atom is 0.0943 e. The van der Waals surface area contributed by atoms with E-state index in [2.05, 4.69) is 11.9 Å². The van der Waals surface area contributed by atoms with Crippen LogP contribution in [0.2, 0.25) is 0 Å². The Morgan fingerprint density at radius 2 is 2.17 bits per heavy atom. The second-order valence-electron chi connectivity index (χ2n) is 2.27. The summed E-state index contributed by atoms with van der Waals surface area (Å²) in [6.07, 6.45) is 7.76. The van der Waals surface area contributed by atoms with Gasteiger partial charge < -0.3 is 4.57 Å². The lowest BCUT2D eigenvalue weighted by atomic mass is 10.4. The van der Waals surface area contributed by atoms with Crippen molar-refractivity contribution in [3.05, 3.63) is 18.7 Å². The summed E-state index contributed by atoms with van der Waals surface area (Å²) in [6, 6.07) is 0. The highest BCUT2D eigenvalue weighted by atomic mass is 35.5. The molecule has 0 N–H and O–H groups in total. The molecule has 72 valence electrons. The highest BCUT2D eigenvalue weighted by Crippen LogP contribution is 1.86. The van der Waals surface area contributed by atoms with Crippen molar-refractivity contribution in [2.24, 2.45) is 7.05 Å². The van der Waals surface area contributed by atoms with Crippen LogP contribution in [-0.4, -0.2) is 15.4 Å². The van der Waals surface area contributed by atoms with Gasteiger partial charge in [0.15, 0.2) is 0 Å². The van der Waals surface area contributed by atoms with Crippen molar-refractivity contribution in [2.75, 3.05) is 5.88 Å². The zero-order valence-corrected chi connectivity index (χ0v) is 9.11. The third-order valence-electron chi connectivity index (χ3n) is 1.12. The first-order valence-corrected chi connectivity index (χ1v) is 4.32. The van der Waals surface area contributed by atoms with E-state index in [1.54, 1.807) is 12.5 Å². The molecule has 0 amide bonds. The molecule has 1 rings (SSSR count). The molecule has 1 aromatic rings. The minimum absolute atomic E-state index is 0. The Morgan fingerprint density at radius 1 is 1.50 bits per heavy atom. The average Bonchev–Trinajstić information content (AvgIpc) is 2.43. The summed E-state index contributed by atoms with van der Waals surface area (Å²) in [5, 5.41) is 0. The molecule has 0 atom stereocenters. The third kappa shape index (κ3) is 9.79. The van der Waals surface area contributed by atoms with Crippen LogP contribution in [0.4, 0.5) is 0 Å². The molecule has 1 heterocycles. The lowest BCUT2D eigenvalue weighted by Gasteiger charge is -1.77. The number of aryl methyl sites for hydroxylation is 1. The zero-order valence-electron chi connectivity index (χ0n) is 7.53. The quantitative estimate of drug-likeness (QED) is 0.687. The predicted molar refractivity (Wildman–Crippen MR) is 56.1 cm³/mol. The largest absolute Gasteiger partial charge is 0.341 e. The van der Waals surface area contributed by atoms with Crippen molar-refractivity contribution < 1.29 is 0 Å². The predicted octanol–water partition coefficient (Wildman–Crippen LogP) is 2.87. The van der Waals surface area contributed by atoms with Gasteiger partial charge in [-0.3, -0.25) is 0 Å². The third-order valence-corrected chi connectivity index (χ3v) is 1.39. The van der Waals surface area contributed by atoms with Crippen molar-refractivity contribution in [3.8, 4) is 0 Å². The fraction of sp³-hybridized carbons (Fsp3) is 0.625. The molecule has 0 aromatic carbocycles. The normalized spacial score (nSPS) is 7.92. The van der Waals surface area contributed by atoms with Crippen molar-refractivity contribution in [1.29, 1.82) is 0 Å². The Hall–Kier alpha value is -0.210. The zero-order chi connectivity index (χ0) is 8.53. The molecular weight excluding hydrogens is 195 g/mol. The Morgan fingerprint density at radius 3 is 2.25 bits per heavy atom. The summed E-state index contributed by atoms with van der Waals surface area (Å²) in [5.41, 5.74) is 0. The molecule has 0 radical (unpaired) electrons.